The molecule has 0 aliphatic rings. The van der Waals surface area contributed by atoms with Gasteiger partial charge in [0.05, 0.1) is 11.9 Å². The Balaban J connectivity index is 2.06. The number of nitrogens with zero attached hydrogens (tertiary/aromatic N) is 2. The van der Waals surface area contributed by atoms with E-state index < -0.39 is 34.3 Å². The normalized spacial score (nSPS) is 12.8. The molecule has 0 unspecified atom stereocenters. The molecule has 3 aromatic carbocycles. The van der Waals surface area contributed by atoms with Gasteiger partial charge in [0.15, 0.2) is 0 Å². The molecule has 10 heteroatoms. The van der Waals surface area contributed by atoms with E-state index in [-0.39, 0.29) is 30.6 Å². The van der Waals surface area contributed by atoms with Crippen LogP contribution in [0.3, 0.4) is 0 Å². The van der Waals surface area contributed by atoms with E-state index in [1.54, 1.807) is 0 Å². The minimum atomic E-state index is -4.04. The van der Waals surface area contributed by atoms with Gasteiger partial charge in [0.25, 0.3) is 0 Å². The van der Waals surface area contributed by atoms with Crippen LogP contribution in [0.15, 0.2) is 83.3 Å². The summed E-state index contributed by atoms with van der Waals surface area (Å²) in [6.45, 7) is 3.20. The smallest absolute Gasteiger partial charge is 0.244 e. The highest BCUT2D eigenvalue weighted by atomic mass is 79.9. The van der Waals surface area contributed by atoms with Crippen LogP contribution < -0.4 is 9.62 Å². The third-order valence-corrected chi connectivity index (χ3v) is 7.99. The number of nitrogens with one attached hydrogen (secondary N) is 1. The summed E-state index contributed by atoms with van der Waals surface area (Å²) in [5.74, 6) is -1.76. The van der Waals surface area contributed by atoms with Crippen LogP contribution in [-0.2, 0) is 32.6 Å². The summed E-state index contributed by atoms with van der Waals surface area (Å²) >= 11 is 3.41. The van der Waals surface area contributed by atoms with Gasteiger partial charge in [0.2, 0.25) is 21.8 Å². The molecule has 3 rings (SSSR count). The lowest BCUT2D eigenvalue weighted by Crippen LogP contribution is -2.54. The number of amides is 2. The number of hydrogen-bond donors (Lipinski definition) is 1. The predicted octanol–water partition coefficient (Wildman–Crippen LogP) is 4.91. The Hall–Kier alpha value is -3.24. The first-order valence-electron chi connectivity index (χ1n) is 12.6. The number of hydrogen-bond acceptors (Lipinski definition) is 4. The molecule has 0 spiro atoms. The van der Waals surface area contributed by atoms with E-state index >= 15 is 0 Å². The zero-order valence-electron chi connectivity index (χ0n) is 22.2. The van der Waals surface area contributed by atoms with Gasteiger partial charge in [-0.2, -0.15) is 0 Å². The summed E-state index contributed by atoms with van der Waals surface area (Å²) in [7, 11) is -4.04. The Morgan fingerprint density at radius 3 is 2.15 bits per heavy atom. The lowest BCUT2D eigenvalue weighted by atomic mass is 10.0. The summed E-state index contributed by atoms with van der Waals surface area (Å²) < 4.78 is 41.7. The van der Waals surface area contributed by atoms with Gasteiger partial charge >= 0.3 is 0 Å². The van der Waals surface area contributed by atoms with Crippen molar-refractivity contribution in [3.63, 3.8) is 0 Å². The molecule has 1 N–H and O–H groups in total. The minimum Gasteiger partial charge on any atom is -0.352 e. The highest BCUT2D eigenvalue weighted by Crippen LogP contribution is 2.23. The molecule has 0 aliphatic heterocycles. The van der Waals surface area contributed by atoms with Gasteiger partial charge in [-0.15, -0.1) is 0 Å². The van der Waals surface area contributed by atoms with Gasteiger partial charge in [-0.25, -0.2) is 12.8 Å². The fourth-order valence-corrected chi connectivity index (χ4v) is 5.14. The van der Waals surface area contributed by atoms with Crippen molar-refractivity contribution < 1.29 is 22.4 Å². The topological polar surface area (TPSA) is 86.8 Å². The maximum Gasteiger partial charge on any atom is 0.244 e. The van der Waals surface area contributed by atoms with Crippen molar-refractivity contribution in [2.24, 2.45) is 0 Å². The summed E-state index contributed by atoms with van der Waals surface area (Å²) in [6, 6.07) is 20.9. The fourth-order valence-electron chi connectivity index (χ4n) is 4.03. The molecular weight excluding hydrogens is 585 g/mol. The van der Waals surface area contributed by atoms with Crippen LogP contribution in [0.1, 0.15) is 31.4 Å². The van der Waals surface area contributed by atoms with Crippen molar-refractivity contribution in [1.82, 2.24) is 10.2 Å². The number of carbonyl (C=O) groups is 2. The Bertz CT molecular complexity index is 1370. The van der Waals surface area contributed by atoms with Gasteiger partial charge in [-0.05, 0) is 48.7 Å². The van der Waals surface area contributed by atoms with E-state index in [9.17, 15) is 22.4 Å². The quantitative estimate of drug-likeness (QED) is 0.313. The number of sulfonamides is 1. The molecule has 39 heavy (non-hydrogen) atoms. The van der Waals surface area contributed by atoms with Crippen LogP contribution >= 0.6 is 15.9 Å². The molecule has 0 fully saturated rings. The van der Waals surface area contributed by atoms with E-state index in [4.69, 9.17) is 0 Å². The molecule has 0 aliphatic carbocycles. The first-order valence-corrected chi connectivity index (χ1v) is 15.2. The number of rotatable bonds is 12. The van der Waals surface area contributed by atoms with Crippen molar-refractivity contribution in [3.8, 4) is 0 Å². The van der Waals surface area contributed by atoms with E-state index in [0.717, 1.165) is 32.2 Å². The highest BCUT2D eigenvalue weighted by Gasteiger charge is 2.34. The van der Waals surface area contributed by atoms with Crippen molar-refractivity contribution in [2.75, 3.05) is 17.1 Å². The third-order valence-electron chi connectivity index (χ3n) is 6.34. The molecule has 3 aromatic rings. The van der Waals surface area contributed by atoms with Crippen LogP contribution in [0.2, 0.25) is 0 Å². The standard InChI is InChI=1S/C29H33BrFN3O4S/c1-4-21(2)32-29(36)27(18-22-10-6-5-7-11-22)33(19-23-14-16-24(30)17-15-23)28(35)20-34(39(3,37)38)26-13-9-8-12-25(26)31/h5-17,21,27H,4,18-20H2,1-3H3,(H,32,36)/t21-,27+/m1/s1. The molecule has 0 heterocycles. The Morgan fingerprint density at radius 2 is 1.56 bits per heavy atom. The number of halogens is 2. The lowest BCUT2D eigenvalue weighted by Gasteiger charge is -2.34. The lowest BCUT2D eigenvalue weighted by molar-refractivity contribution is -0.140. The zero-order chi connectivity index (χ0) is 28.6. The van der Waals surface area contributed by atoms with E-state index in [1.165, 1.54) is 23.1 Å². The molecule has 0 saturated carbocycles. The van der Waals surface area contributed by atoms with E-state index in [1.807, 2.05) is 68.4 Å². The average molecular weight is 619 g/mol. The second-order valence-corrected chi connectivity index (χ2v) is 12.2. The second-order valence-electron chi connectivity index (χ2n) is 9.39. The molecule has 208 valence electrons. The van der Waals surface area contributed by atoms with Crippen molar-refractivity contribution >= 4 is 43.5 Å². The monoisotopic (exact) mass is 617 g/mol. The Labute approximate surface area is 238 Å². The van der Waals surface area contributed by atoms with Crippen molar-refractivity contribution in [2.45, 2.75) is 45.3 Å². The van der Waals surface area contributed by atoms with Crippen molar-refractivity contribution in [3.05, 3.63) is 100 Å². The van der Waals surface area contributed by atoms with Crippen LogP contribution in [0.25, 0.3) is 0 Å². The molecular formula is C29H33BrFN3O4S. The number of anilines is 1. The molecule has 2 amide bonds. The molecule has 2 atom stereocenters. The fraction of sp³-hybridized carbons (Fsp3) is 0.310. The number of para-hydroxylation sites is 1. The predicted molar refractivity (Wildman–Crippen MR) is 155 cm³/mol. The number of benzene rings is 3. The first kappa shape index (κ1) is 30.3. The first-order chi connectivity index (χ1) is 18.5. The van der Waals surface area contributed by atoms with Crippen LogP contribution in [0.4, 0.5) is 10.1 Å². The SMILES string of the molecule is CC[C@@H](C)NC(=O)[C@H](Cc1ccccc1)N(Cc1ccc(Br)cc1)C(=O)CN(c1ccccc1F)S(C)(=O)=O. The summed E-state index contributed by atoms with van der Waals surface area (Å²) in [5.41, 5.74) is 1.35. The number of carbonyl (C=O) groups excluding carboxylic acids is 2. The largest absolute Gasteiger partial charge is 0.352 e. The Kier molecular flexibility index (Phi) is 10.7. The summed E-state index contributed by atoms with van der Waals surface area (Å²) in [6.07, 6.45) is 1.83. The van der Waals surface area contributed by atoms with Gasteiger partial charge in [0.1, 0.15) is 18.4 Å². The molecule has 0 saturated heterocycles. The highest BCUT2D eigenvalue weighted by molar-refractivity contribution is 9.10. The third kappa shape index (κ3) is 8.63. The summed E-state index contributed by atoms with van der Waals surface area (Å²) in [5, 5.41) is 2.97. The van der Waals surface area contributed by atoms with Crippen LogP contribution in [-0.4, -0.2) is 50.0 Å². The van der Waals surface area contributed by atoms with Gasteiger partial charge in [-0.1, -0.05) is 77.5 Å². The van der Waals surface area contributed by atoms with Crippen molar-refractivity contribution in [1.29, 1.82) is 0 Å². The van der Waals surface area contributed by atoms with Crippen LogP contribution in [0.5, 0.6) is 0 Å². The van der Waals surface area contributed by atoms with E-state index in [2.05, 4.69) is 21.2 Å². The van der Waals surface area contributed by atoms with Gasteiger partial charge < -0.3 is 10.2 Å². The van der Waals surface area contributed by atoms with Crippen LogP contribution in [0, 0.1) is 5.82 Å². The summed E-state index contributed by atoms with van der Waals surface area (Å²) in [4.78, 5) is 28.9. The second kappa shape index (κ2) is 13.7. The minimum absolute atomic E-state index is 0.0480. The Morgan fingerprint density at radius 1 is 0.949 bits per heavy atom. The van der Waals surface area contributed by atoms with Gasteiger partial charge in [0, 0.05) is 23.5 Å². The maximum absolute atomic E-state index is 14.7. The van der Waals surface area contributed by atoms with Gasteiger partial charge in [-0.3, -0.25) is 13.9 Å². The average Bonchev–Trinajstić information content (AvgIpc) is 2.90. The maximum atomic E-state index is 14.7. The molecule has 0 bridgehead atoms. The molecule has 7 nitrogen and oxygen atoms in total. The molecule has 0 aromatic heterocycles. The zero-order valence-corrected chi connectivity index (χ0v) is 24.6. The van der Waals surface area contributed by atoms with E-state index in [0.29, 0.717) is 6.42 Å². The molecule has 0 radical (unpaired) electrons.